The Kier molecular flexibility index (Phi) is 4.44. The van der Waals surface area contributed by atoms with Gasteiger partial charge >= 0.3 is 0 Å². The molecule has 0 radical (unpaired) electrons. The highest BCUT2D eigenvalue weighted by Crippen LogP contribution is 2.30. The average molecular weight is 363 g/mol. The second kappa shape index (κ2) is 5.63. The second-order valence-corrected chi connectivity index (χ2v) is 7.92. The maximum absolute atomic E-state index is 12.8. The minimum absolute atomic E-state index is 0.103. The van der Waals surface area contributed by atoms with Crippen LogP contribution in [-0.4, -0.2) is 38.0 Å². The highest BCUT2D eigenvalue weighted by atomic mass is 79.9. The summed E-state index contributed by atoms with van der Waals surface area (Å²) >= 11 is 3.31. The number of nitrogens with zero attached hydrogens (tertiary/aromatic N) is 1. The smallest absolute Gasteiger partial charge is 0.243 e. The number of ether oxygens (including phenoxy) is 1. The fraction of sp³-hybridized carbons (Fsp3) is 0.538. The molecular formula is C13H19BrN2O3S. The van der Waals surface area contributed by atoms with Crippen LogP contribution in [0.3, 0.4) is 0 Å². The molecule has 1 aliphatic heterocycles. The van der Waals surface area contributed by atoms with Crippen LogP contribution >= 0.6 is 15.9 Å². The maximum atomic E-state index is 12.8. The van der Waals surface area contributed by atoms with Crippen LogP contribution in [0.25, 0.3) is 0 Å². The van der Waals surface area contributed by atoms with Crippen molar-refractivity contribution in [1.29, 1.82) is 0 Å². The zero-order valence-corrected chi connectivity index (χ0v) is 14.2. The summed E-state index contributed by atoms with van der Waals surface area (Å²) in [5, 5.41) is 0. The monoisotopic (exact) mass is 362 g/mol. The summed E-state index contributed by atoms with van der Waals surface area (Å²) in [6.45, 7) is 6.26. The first-order valence-electron chi connectivity index (χ1n) is 6.42. The Morgan fingerprint density at radius 3 is 2.70 bits per heavy atom. The molecule has 1 fully saturated rings. The highest BCUT2D eigenvalue weighted by molar-refractivity contribution is 9.10. The summed E-state index contributed by atoms with van der Waals surface area (Å²) < 4.78 is 33.3. The number of halogens is 1. The van der Waals surface area contributed by atoms with E-state index in [0.717, 1.165) is 0 Å². The standard InChI is InChI=1S/C13H19BrN2O3S/c1-8-4-11(14)12(15)5-13(8)20(17,18)16-6-10(3)19-7-9(16)2/h4-5,9-10H,6-7,15H2,1-3H3. The summed E-state index contributed by atoms with van der Waals surface area (Å²) in [5.74, 6) is 0. The van der Waals surface area contributed by atoms with Crippen LogP contribution in [0.15, 0.2) is 21.5 Å². The molecule has 20 heavy (non-hydrogen) atoms. The number of morpholine rings is 1. The molecule has 7 heteroatoms. The van der Waals surface area contributed by atoms with Crippen molar-refractivity contribution in [3.63, 3.8) is 0 Å². The van der Waals surface area contributed by atoms with Gasteiger partial charge in [0.2, 0.25) is 10.0 Å². The number of rotatable bonds is 2. The molecule has 1 aromatic rings. The molecule has 1 saturated heterocycles. The van der Waals surface area contributed by atoms with Crippen molar-refractivity contribution in [3.05, 3.63) is 22.2 Å². The van der Waals surface area contributed by atoms with Crippen molar-refractivity contribution in [2.24, 2.45) is 0 Å². The number of nitrogen functional groups attached to an aromatic ring is 1. The van der Waals surface area contributed by atoms with Crippen LogP contribution in [0.4, 0.5) is 5.69 Å². The lowest BCUT2D eigenvalue weighted by Gasteiger charge is -2.36. The van der Waals surface area contributed by atoms with Crippen LogP contribution in [0, 0.1) is 6.92 Å². The van der Waals surface area contributed by atoms with Gasteiger partial charge in [0.25, 0.3) is 0 Å². The fourth-order valence-corrected chi connectivity index (χ4v) is 4.67. The van der Waals surface area contributed by atoms with E-state index in [1.807, 2.05) is 13.8 Å². The summed E-state index contributed by atoms with van der Waals surface area (Å²) in [6.07, 6.45) is -0.103. The Hall–Kier alpha value is -0.630. The normalized spacial score (nSPS) is 24.8. The topological polar surface area (TPSA) is 72.6 Å². The Morgan fingerprint density at radius 2 is 2.05 bits per heavy atom. The second-order valence-electron chi connectivity index (χ2n) is 5.21. The molecule has 0 amide bonds. The molecule has 112 valence electrons. The lowest BCUT2D eigenvalue weighted by Crippen LogP contribution is -2.50. The van der Waals surface area contributed by atoms with Gasteiger partial charge in [-0.2, -0.15) is 4.31 Å². The number of hydrogen-bond acceptors (Lipinski definition) is 4. The zero-order chi connectivity index (χ0) is 15.1. The van der Waals surface area contributed by atoms with Gasteiger partial charge in [0.15, 0.2) is 0 Å². The number of nitrogens with two attached hydrogens (primary N) is 1. The summed E-state index contributed by atoms with van der Waals surface area (Å²) in [5.41, 5.74) is 6.92. The Labute approximate surface area is 128 Å². The number of hydrogen-bond donors (Lipinski definition) is 1. The number of aryl methyl sites for hydroxylation is 1. The van der Waals surface area contributed by atoms with Crippen molar-refractivity contribution in [1.82, 2.24) is 4.31 Å². The van der Waals surface area contributed by atoms with Crippen LogP contribution in [0.2, 0.25) is 0 Å². The molecule has 0 aliphatic carbocycles. The first-order valence-corrected chi connectivity index (χ1v) is 8.66. The van der Waals surface area contributed by atoms with E-state index in [-0.39, 0.29) is 17.0 Å². The quantitative estimate of drug-likeness (QED) is 0.818. The van der Waals surface area contributed by atoms with E-state index in [1.165, 1.54) is 10.4 Å². The van der Waals surface area contributed by atoms with Crippen molar-refractivity contribution in [2.75, 3.05) is 18.9 Å². The van der Waals surface area contributed by atoms with E-state index in [2.05, 4.69) is 15.9 Å². The molecule has 2 atom stereocenters. The predicted molar refractivity (Wildman–Crippen MR) is 82.1 cm³/mol. The van der Waals surface area contributed by atoms with Crippen LogP contribution in [0.1, 0.15) is 19.4 Å². The van der Waals surface area contributed by atoms with E-state index in [4.69, 9.17) is 10.5 Å². The van der Waals surface area contributed by atoms with Crippen LogP contribution < -0.4 is 5.73 Å². The van der Waals surface area contributed by atoms with Gasteiger partial charge in [-0.05, 0) is 54.4 Å². The molecule has 0 saturated carbocycles. The van der Waals surface area contributed by atoms with Crippen molar-refractivity contribution in [2.45, 2.75) is 37.8 Å². The van der Waals surface area contributed by atoms with Gasteiger partial charge in [0, 0.05) is 22.7 Å². The zero-order valence-electron chi connectivity index (χ0n) is 11.8. The Morgan fingerprint density at radius 1 is 1.40 bits per heavy atom. The first-order chi connectivity index (χ1) is 9.23. The predicted octanol–water partition coefficient (Wildman–Crippen LogP) is 2.14. The van der Waals surface area contributed by atoms with Gasteiger partial charge in [-0.25, -0.2) is 8.42 Å². The van der Waals surface area contributed by atoms with E-state index in [9.17, 15) is 8.42 Å². The number of anilines is 1. The molecule has 0 aromatic heterocycles. The van der Waals surface area contributed by atoms with Crippen LogP contribution in [0.5, 0.6) is 0 Å². The van der Waals surface area contributed by atoms with Gasteiger partial charge in [-0.1, -0.05) is 0 Å². The molecule has 0 spiro atoms. The molecule has 2 unspecified atom stereocenters. The molecular weight excluding hydrogens is 344 g/mol. The minimum Gasteiger partial charge on any atom is -0.398 e. The summed E-state index contributed by atoms with van der Waals surface area (Å²) in [6, 6.07) is 3.07. The van der Waals surface area contributed by atoms with Gasteiger partial charge in [0.05, 0.1) is 17.6 Å². The van der Waals surface area contributed by atoms with Crippen LogP contribution in [-0.2, 0) is 14.8 Å². The minimum atomic E-state index is -3.56. The van der Waals surface area contributed by atoms with Gasteiger partial charge in [-0.15, -0.1) is 0 Å². The molecule has 1 aromatic carbocycles. The lowest BCUT2D eigenvalue weighted by atomic mass is 10.2. The van der Waals surface area contributed by atoms with Crippen molar-refractivity contribution >= 4 is 31.6 Å². The van der Waals surface area contributed by atoms with Crippen molar-refractivity contribution < 1.29 is 13.2 Å². The first kappa shape index (κ1) is 15.8. The van der Waals surface area contributed by atoms with E-state index >= 15 is 0 Å². The SMILES string of the molecule is Cc1cc(Br)c(N)cc1S(=O)(=O)N1CC(C)OCC1C. The third-order valence-electron chi connectivity index (χ3n) is 3.43. The van der Waals surface area contributed by atoms with Crippen molar-refractivity contribution in [3.8, 4) is 0 Å². The largest absolute Gasteiger partial charge is 0.398 e. The van der Waals surface area contributed by atoms with E-state index in [1.54, 1.807) is 13.0 Å². The Bertz CT molecular complexity index is 618. The van der Waals surface area contributed by atoms with E-state index in [0.29, 0.717) is 28.9 Å². The van der Waals surface area contributed by atoms with Gasteiger partial charge in [-0.3, -0.25) is 0 Å². The number of benzene rings is 1. The fourth-order valence-electron chi connectivity index (χ4n) is 2.28. The third-order valence-corrected chi connectivity index (χ3v) is 6.24. The van der Waals surface area contributed by atoms with E-state index < -0.39 is 10.0 Å². The summed E-state index contributed by atoms with van der Waals surface area (Å²) in [7, 11) is -3.56. The molecule has 2 N–H and O–H groups in total. The van der Waals surface area contributed by atoms with Gasteiger partial charge < -0.3 is 10.5 Å². The molecule has 0 bridgehead atoms. The maximum Gasteiger partial charge on any atom is 0.243 e. The summed E-state index contributed by atoms with van der Waals surface area (Å²) in [4.78, 5) is 0.263. The molecule has 1 heterocycles. The Balaban J connectivity index is 2.47. The molecule has 2 rings (SSSR count). The number of sulfonamides is 1. The molecule has 1 aliphatic rings. The average Bonchev–Trinajstić information content (AvgIpc) is 2.36. The lowest BCUT2D eigenvalue weighted by molar-refractivity contribution is -0.0170. The highest BCUT2D eigenvalue weighted by Gasteiger charge is 2.35. The third kappa shape index (κ3) is 2.86. The molecule has 5 nitrogen and oxygen atoms in total. The van der Waals surface area contributed by atoms with Gasteiger partial charge in [0.1, 0.15) is 0 Å².